The molecule has 2 aliphatic rings. The molecule has 0 radical (unpaired) electrons. The Morgan fingerprint density at radius 2 is 1.59 bits per heavy atom. The average Bonchev–Trinajstić information content (AvgIpc) is 2.85. The Balaban J connectivity index is 1.37. The van der Waals surface area contributed by atoms with Gasteiger partial charge in [0.2, 0.25) is 10.0 Å². The number of hydrazone groups is 1. The number of nitrogens with zero attached hydrogens (tertiary/aromatic N) is 3. The Bertz CT molecular complexity index is 1060. The van der Waals surface area contributed by atoms with Crippen LogP contribution in [0.2, 0.25) is 0 Å². The molecule has 9 nitrogen and oxygen atoms in total. The van der Waals surface area contributed by atoms with Crippen LogP contribution in [0, 0.1) is 0 Å². The van der Waals surface area contributed by atoms with Crippen molar-refractivity contribution in [1.29, 1.82) is 0 Å². The number of nitrogens with one attached hydrogen (secondary N) is 1. The second-order valence-electron chi connectivity index (χ2n) is 7.43. The third-order valence-corrected chi connectivity index (χ3v) is 7.25. The topological polar surface area (TPSA) is 101 Å². The van der Waals surface area contributed by atoms with Crippen molar-refractivity contribution in [2.75, 3.05) is 57.5 Å². The normalized spacial score (nSPS) is 18.1. The first kappa shape index (κ1) is 22.4. The van der Waals surface area contributed by atoms with Crippen molar-refractivity contribution in [2.45, 2.75) is 4.90 Å². The van der Waals surface area contributed by atoms with Crippen LogP contribution in [-0.2, 0) is 19.5 Å². The summed E-state index contributed by atoms with van der Waals surface area (Å²) in [6.07, 6.45) is 1.55. The van der Waals surface area contributed by atoms with Gasteiger partial charge in [-0.1, -0.05) is 18.2 Å². The van der Waals surface area contributed by atoms with Crippen LogP contribution < -0.4 is 10.3 Å². The van der Waals surface area contributed by atoms with E-state index in [-0.39, 0.29) is 10.5 Å². The van der Waals surface area contributed by atoms with Crippen molar-refractivity contribution in [3.05, 3.63) is 59.7 Å². The maximum Gasteiger partial charge on any atom is 0.271 e. The Morgan fingerprint density at radius 3 is 2.28 bits per heavy atom. The first-order valence-electron chi connectivity index (χ1n) is 10.5. The molecule has 0 aromatic heterocycles. The average molecular weight is 459 g/mol. The molecule has 0 bridgehead atoms. The van der Waals surface area contributed by atoms with Gasteiger partial charge in [0.25, 0.3) is 5.91 Å². The molecule has 2 aromatic rings. The molecule has 0 spiro atoms. The number of sulfonamides is 1. The molecule has 0 aliphatic carbocycles. The second-order valence-corrected chi connectivity index (χ2v) is 9.37. The van der Waals surface area contributed by atoms with E-state index in [9.17, 15) is 13.2 Å². The number of morpholine rings is 2. The summed E-state index contributed by atoms with van der Waals surface area (Å²) in [7, 11) is -3.67. The van der Waals surface area contributed by atoms with Gasteiger partial charge >= 0.3 is 0 Å². The van der Waals surface area contributed by atoms with E-state index in [2.05, 4.69) is 15.4 Å². The molecule has 0 atom stereocenters. The molecule has 10 heteroatoms. The van der Waals surface area contributed by atoms with Crippen LogP contribution in [0.4, 0.5) is 5.69 Å². The van der Waals surface area contributed by atoms with Gasteiger partial charge in [0.05, 0.1) is 37.5 Å². The largest absolute Gasteiger partial charge is 0.379 e. The fraction of sp³-hybridized carbons (Fsp3) is 0.364. The van der Waals surface area contributed by atoms with Gasteiger partial charge < -0.3 is 14.4 Å². The van der Waals surface area contributed by atoms with Crippen molar-refractivity contribution in [3.63, 3.8) is 0 Å². The fourth-order valence-corrected chi connectivity index (χ4v) is 5.01. The van der Waals surface area contributed by atoms with Crippen LogP contribution in [-0.4, -0.2) is 77.5 Å². The first-order chi connectivity index (χ1) is 15.5. The summed E-state index contributed by atoms with van der Waals surface area (Å²) in [6, 6.07) is 13.8. The molecule has 2 saturated heterocycles. The molecular formula is C22H26N4O5S. The van der Waals surface area contributed by atoms with Crippen molar-refractivity contribution in [2.24, 2.45) is 5.10 Å². The predicted molar refractivity (Wildman–Crippen MR) is 121 cm³/mol. The minimum Gasteiger partial charge on any atom is -0.379 e. The van der Waals surface area contributed by atoms with Gasteiger partial charge in [-0.05, 0) is 35.9 Å². The zero-order valence-electron chi connectivity index (χ0n) is 17.6. The maximum atomic E-state index is 12.8. The highest BCUT2D eigenvalue weighted by molar-refractivity contribution is 7.89. The Labute approximate surface area is 187 Å². The molecule has 4 rings (SSSR count). The van der Waals surface area contributed by atoms with E-state index in [1.54, 1.807) is 18.3 Å². The molecule has 1 N–H and O–H groups in total. The van der Waals surface area contributed by atoms with Crippen LogP contribution in [0.25, 0.3) is 0 Å². The van der Waals surface area contributed by atoms with E-state index in [4.69, 9.17) is 9.47 Å². The zero-order valence-corrected chi connectivity index (χ0v) is 18.5. The van der Waals surface area contributed by atoms with Crippen molar-refractivity contribution < 1.29 is 22.7 Å². The molecule has 2 heterocycles. The van der Waals surface area contributed by atoms with Gasteiger partial charge in [-0.25, -0.2) is 13.8 Å². The Kier molecular flexibility index (Phi) is 7.15. The van der Waals surface area contributed by atoms with E-state index >= 15 is 0 Å². The molecule has 0 saturated carbocycles. The van der Waals surface area contributed by atoms with Crippen LogP contribution in [0.15, 0.2) is 58.5 Å². The van der Waals surface area contributed by atoms with Crippen LogP contribution >= 0.6 is 0 Å². The lowest BCUT2D eigenvalue weighted by Crippen LogP contribution is -2.40. The summed E-state index contributed by atoms with van der Waals surface area (Å²) in [5, 5.41) is 4.01. The summed E-state index contributed by atoms with van der Waals surface area (Å²) < 4.78 is 37.6. The Morgan fingerprint density at radius 1 is 0.938 bits per heavy atom. The molecule has 2 fully saturated rings. The minimum absolute atomic E-state index is 0.0785. The molecule has 0 unspecified atom stereocenters. The lowest BCUT2D eigenvalue weighted by atomic mass is 10.2. The van der Waals surface area contributed by atoms with Gasteiger partial charge in [0.1, 0.15) is 0 Å². The number of hydrogen-bond donors (Lipinski definition) is 1. The number of anilines is 1. The zero-order chi connectivity index (χ0) is 22.4. The van der Waals surface area contributed by atoms with E-state index in [1.165, 1.54) is 16.4 Å². The lowest BCUT2D eigenvalue weighted by Gasteiger charge is -2.28. The second kappa shape index (κ2) is 10.2. The number of rotatable bonds is 6. The number of amides is 1. The maximum absolute atomic E-state index is 12.8. The van der Waals surface area contributed by atoms with E-state index in [0.29, 0.717) is 26.3 Å². The SMILES string of the molecule is O=C(N/N=C/c1ccc(N2CCOCC2)cc1)c1cccc(S(=O)(=O)N2CCOCC2)c1. The van der Waals surface area contributed by atoms with Gasteiger partial charge in [0.15, 0.2) is 0 Å². The fourth-order valence-electron chi connectivity index (χ4n) is 3.56. The van der Waals surface area contributed by atoms with Crippen LogP contribution in [0.1, 0.15) is 15.9 Å². The smallest absolute Gasteiger partial charge is 0.271 e. The molecular weight excluding hydrogens is 432 g/mol. The highest BCUT2D eigenvalue weighted by Gasteiger charge is 2.26. The molecule has 32 heavy (non-hydrogen) atoms. The predicted octanol–water partition coefficient (Wildman–Crippen LogP) is 1.31. The monoisotopic (exact) mass is 458 g/mol. The minimum atomic E-state index is -3.67. The lowest BCUT2D eigenvalue weighted by molar-refractivity contribution is 0.0730. The van der Waals surface area contributed by atoms with Gasteiger partial charge in [0, 0.05) is 37.4 Å². The van der Waals surface area contributed by atoms with Gasteiger partial charge in [-0.2, -0.15) is 9.41 Å². The number of carbonyl (C=O) groups excluding carboxylic acids is 1. The first-order valence-corrected chi connectivity index (χ1v) is 11.9. The number of carbonyl (C=O) groups is 1. The summed E-state index contributed by atoms with van der Waals surface area (Å²) in [4.78, 5) is 14.8. The highest BCUT2D eigenvalue weighted by Crippen LogP contribution is 2.19. The Hall–Kier alpha value is -2.79. The number of benzene rings is 2. The van der Waals surface area contributed by atoms with Crippen LogP contribution in [0.3, 0.4) is 0 Å². The van der Waals surface area contributed by atoms with Crippen molar-refractivity contribution in [3.8, 4) is 0 Å². The van der Waals surface area contributed by atoms with Gasteiger partial charge in [-0.3, -0.25) is 4.79 Å². The standard InChI is InChI=1S/C22H26N4O5S/c27-22(19-2-1-3-21(16-19)32(28,29)26-10-14-31-15-11-26)24-23-17-18-4-6-20(7-5-18)25-8-12-30-13-9-25/h1-7,16-17H,8-15H2,(H,24,27)/b23-17+. The summed E-state index contributed by atoms with van der Waals surface area (Å²) in [5.41, 5.74) is 4.64. The molecule has 1 amide bonds. The summed E-state index contributed by atoms with van der Waals surface area (Å²) in [6.45, 7) is 4.51. The van der Waals surface area contributed by atoms with Crippen LogP contribution in [0.5, 0.6) is 0 Å². The number of ether oxygens (including phenoxy) is 2. The molecule has 170 valence electrons. The third-order valence-electron chi connectivity index (χ3n) is 5.35. The quantitative estimate of drug-likeness (QED) is 0.518. The summed E-state index contributed by atoms with van der Waals surface area (Å²) >= 11 is 0. The van der Waals surface area contributed by atoms with E-state index in [0.717, 1.165) is 37.6 Å². The summed E-state index contributed by atoms with van der Waals surface area (Å²) in [5.74, 6) is -0.481. The van der Waals surface area contributed by atoms with E-state index in [1.807, 2.05) is 24.3 Å². The van der Waals surface area contributed by atoms with E-state index < -0.39 is 15.9 Å². The molecule has 2 aliphatic heterocycles. The number of hydrogen-bond acceptors (Lipinski definition) is 7. The third kappa shape index (κ3) is 5.33. The highest BCUT2D eigenvalue weighted by atomic mass is 32.2. The van der Waals surface area contributed by atoms with Crippen molar-refractivity contribution >= 4 is 27.8 Å². The van der Waals surface area contributed by atoms with Gasteiger partial charge in [-0.15, -0.1) is 0 Å². The van der Waals surface area contributed by atoms with Crippen molar-refractivity contribution in [1.82, 2.24) is 9.73 Å². The molecule has 2 aromatic carbocycles.